The van der Waals surface area contributed by atoms with E-state index in [1.54, 1.807) is 18.2 Å². The average molecular weight is 214 g/mol. The maximum absolute atomic E-state index is 12.7. The molecule has 0 heterocycles. The standard InChI is InChI=1S/C10H11FO2S/c11-10-6-3-5-9(8-10)4-1-2-7-14(12)13/h1-3,5-6,8H,4,7H2,(H,12,13). The Morgan fingerprint density at radius 2 is 2.21 bits per heavy atom. The van der Waals surface area contributed by atoms with Crippen molar-refractivity contribution >= 4 is 11.1 Å². The molecular formula is C10H11FO2S. The Morgan fingerprint density at radius 1 is 1.43 bits per heavy atom. The summed E-state index contributed by atoms with van der Waals surface area (Å²) in [6.07, 6.45) is 3.94. The first-order valence-corrected chi connectivity index (χ1v) is 5.43. The van der Waals surface area contributed by atoms with Crippen LogP contribution in [0.2, 0.25) is 0 Å². The Labute approximate surface area is 84.7 Å². The maximum atomic E-state index is 12.7. The van der Waals surface area contributed by atoms with E-state index in [0.717, 1.165) is 5.56 Å². The second kappa shape index (κ2) is 5.67. The van der Waals surface area contributed by atoms with Gasteiger partial charge in [-0.3, -0.25) is 0 Å². The molecule has 0 aliphatic rings. The molecule has 0 aliphatic carbocycles. The summed E-state index contributed by atoms with van der Waals surface area (Å²) in [5.74, 6) is -0.142. The van der Waals surface area contributed by atoms with Crippen LogP contribution in [0.15, 0.2) is 36.4 Å². The van der Waals surface area contributed by atoms with Crippen LogP contribution in [0.1, 0.15) is 5.56 Å². The molecule has 1 rings (SSSR count). The third-order valence-corrected chi connectivity index (χ3v) is 2.13. The molecule has 0 spiro atoms. The van der Waals surface area contributed by atoms with E-state index in [9.17, 15) is 8.60 Å². The lowest BCUT2D eigenvalue weighted by molar-refractivity contribution is 0.567. The molecule has 0 saturated carbocycles. The van der Waals surface area contributed by atoms with Crippen LogP contribution in [0.25, 0.3) is 0 Å². The smallest absolute Gasteiger partial charge is 0.156 e. The second-order valence-electron chi connectivity index (χ2n) is 2.79. The van der Waals surface area contributed by atoms with Crippen LogP contribution < -0.4 is 0 Å². The minimum absolute atomic E-state index is 0.120. The summed E-state index contributed by atoms with van der Waals surface area (Å²) in [4.78, 5) is 0. The minimum Gasteiger partial charge on any atom is -0.306 e. The molecule has 0 bridgehead atoms. The van der Waals surface area contributed by atoms with Crippen molar-refractivity contribution in [1.29, 1.82) is 0 Å². The predicted octanol–water partition coefficient (Wildman–Crippen LogP) is 2.15. The molecule has 0 saturated heterocycles. The number of benzene rings is 1. The van der Waals surface area contributed by atoms with E-state index in [-0.39, 0.29) is 11.6 Å². The molecular weight excluding hydrogens is 203 g/mol. The molecule has 0 radical (unpaired) electrons. The van der Waals surface area contributed by atoms with Crippen molar-refractivity contribution in [3.05, 3.63) is 47.8 Å². The lowest BCUT2D eigenvalue weighted by Gasteiger charge is -1.95. The van der Waals surface area contributed by atoms with E-state index in [0.29, 0.717) is 6.42 Å². The normalized spacial score (nSPS) is 13.3. The van der Waals surface area contributed by atoms with Crippen LogP contribution in [0.4, 0.5) is 4.39 Å². The Hall–Kier alpha value is -1.00. The second-order valence-corrected chi connectivity index (χ2v) is 3.77. The lowest BCUT2D eigenvalue weighted by Crippen LogP contribution is -1.90. The van der Waals surface area contributed by atoms with Crippen LogP contribution in [-0.4, -0.2) is 14.5 Å². The summed E-state index contributed by atoms with van der Waals surface area (Å²) in [7, 11) is 0. The topological polar surface area (TPSA) is 37.3 Å². The van der Waals surface area contributed by atoms with Crippen molar-refractivity contribution in [2.24, 2.45) is 0 Å². The number of rotatable bonds is 4. The van der Waals surface area contributed by atoms with Crippen LogP contribution in [0.5, 0.6) is 0 Å². The van der Waals surface area contributed by atoms with Crippen molar-refractivity contribution in [3.63, 3.8) is 0 Å². The van der Waals surface area contributed by atoms with Gasteiger partial charge < -0.3 is 4.55 Å². The zero-order valence-corrected chi connectivity index (χ0v) is 8.34. The van der Waals surface area contributed by atoms with Crippen LogP contribution >= 0.6 is 0 Å². The van der Waals surface area contributed by atoms with E-state index in [4.69, 9.17) is 4.55 Å². The maximum Gasteiger partial charge on any atom is 0.156 e. The fraction of sp³-hybridized carbons (Fsp3) is 0.200. The molecule has 1 unspecified atom stereocenters. The van der Waals surface area contributed by atoms with Gasteiger partial charge in [0.2, 0.25) is 0 Å². The van der Waals surface area contributed by atoms with Crippen molar-refractivity contribution < 1.29 is 13.2 Å². The van der Waals surface area contributed by atoms with Crippen LogP contribution in [0.3, 0.4) is 0 Å². The van der Waals surface area contributed by atoms with Gasteiger partial charge in [-0.1, -0.05) is 24.3 Å². The number of halogens is 1. The van der Waals surface area contributed by atoms with Gasteiger partial charge in [0.1, 0.15) is 5.82 Å². The molecule has 1 aromatic carbocycles. The van der Waals surface area contributed by atoms with Crippen molar-refractivity contribution in [1.82, 2.24) is 0 Å². The van der Waals surface area contributed by atoms with E-state index in [2.05, 4.69) is 0 Å². The van der Waals surface area contributed by atoms with Crippen molar-refractivity contribution in [2.45, 2.75) is 6.42 Å². The summed E-state index contributed by atoms with van der Waals surface area (Å²) in [6.45, 7) is 0. The largest absolute Gasteiger partial charge is 0.306 e. The molecule has 76 valence electrons. The molecule has 14 heavy (non-hydrogen) atoms. The van der Waals surface area contributed by atoms with Gasteiger partial charge in [0, 0.05) is 0 Å². The highest BCUT2D eigenvalue weighted by Gasteiger charge is 1.92. The SMILES string of the molecule is O=S(O)CC=CCc1cccc(F)c1. The Kier molecular flexibility index (Phi) is 4.49. The van der Waals surface area contributed by atoms with Gasteiger partial charge in [-0.25, -0.2) is 8.60 Å². The first kappa shape index (κ1) is 11.1. The first-order valence-electron chi connectivity index (χ1n) is 4.15. The van der Waals surface area contributed by atoms with Crippen molar-refractivity contribution in [2.75, 3.05) is 5.75 Å². The zero-order valence-electron chi connectivity index (χ0n) is 7.52. The van der Waals surface area contributed by atoms with Crippen LogP contribution in [-0.2, 0) is 17.5 Å². The quantitative estimate of drug-likeness (QED) is 0.616. The monoisotopic (exact) mass is 214 g/mol. The highest BCUT2D eigenvalue weighted by molar-refractivity contribution is 7.79. The fourth-order valence-electron chi connectivity index (χ4n) is 1.03. The van der Waals surface area contributed by atoms with Gasteiger partial charge >= 0.3 is 0 Å². The molecule has 1 aromatic rings. The summed E-state index contributed by atoms with van der Waals surface area (Å²) < 4.78 is 31.4. The van der Waals surface area contributed by atoms with Gasteiger partial charge in [-0.05, 0) is 24.1 Å². The summed E-state index contributed by atoms with van der Waals surface area (Å²) in [5.41, 5.74) is 0.852. The third-order valence-electron chi connectivity index (χ3n) is 1.65. The molecule has 0 amide bonds. The molecule has 4 heteroatoms. The summed E-state index contributed by atoms with van der Waals surface area (Å²) in [5, 5.41) is 0. The third kappa shape index (κ3) is 4.30. The average Bonchev–Trinajstić information content (AvgIpc) is 2.12. The van der Waals surface area contributed by atoms with Gasteiger partial charge in [-0.2, -0.15) is 0 Å². The highest BCUT2D eigenvalue weighted by Crippen LogP contribution is 2.04. The van der Waals surface area contributed by atoms with Gasteiger partial charge in [0.15, 0.2) is 11.1 Å². The Balaban J connectivity index is 2.45. The molecule has 1 atom stereocenters. The molecule has 0 aliphatic heterocycles. The summed E-state index contributed by atoms with van der Waals surface area (Å²) in [6, 6.07) is 6.28. The van der Waals surface area contributed by atoms with E-state index >= 15 is 0 Å². The number of hydrogen-bond acceptors (Lipinski definition) is 1. The molecule has 0 fully saturated rings. The zero-order chi connectivity index (χ0) is 10.4. The van der Waals surface area contributed by atoms with Gasteiger partial charge in [-0.15, -0.1) is 0 Å². The lowest BCUT2D eigenvalue weighted by atomic mass is 10.1. The molecule has 1 N–H and O–H groups in total. The Morgan fingerprint density at radius 3 is 2.86 bits per heavy atom. The van der Waals surface area contributed by atoms with Crippen LogP contribution in [0, 0.1) is 5.82 Å². The Bertz CT molecular complexity index is 350. The van der Waals surface area contributed by atoms with E-state index in [1.165, 1.54) is 12.1 Å². The molecule has 2 nitrogen and oxygen atoms in total. The highest BCUT2D eigenvalue weighted by atomic mass is 32.2. The van der Waals surface area contributed by atoms with E-state index in [1.807, 2.05) is 6.07 Å². The minimum atomic E-state index is -1.79. The first-order chi connectivity index (χ1) is 6.68. The number of hydrogen-bond donors (Lipinski definition) is 1. The molecule has 0 aromatic heterocycles. The van der Waals surface area contributed by atoms with E-state index < -0.39 is 11.1 Å². The fourth-order valence-corrected chi connectivity index (χ4v) is 1.33. The van der Waals surface area contributed by atoms with Crippen molar-refractivity contribution in [3.8, 4) is 0 Å². The van der Waals surface area contributed by atoms with Gasteiger partial charge in [0.05, 0.1) is 5.75 Å². The van der Waals surface area contributed by atoms with Gasteiger partial charge in [0.25, 0.3) is 0 Å². The predicted molar refractivity (Wildman–Crippen MR) is 54.9 cm³/mol. The number of allylic oxidation sites excluding steroid dienone is 1. The summed E-state index contributed by atoms with van der Waals surface area (Å²) >= 11 is -1.79.